The molecule has 35 heavy (non-hydrogen) atoms. The van der Waals surface area contributed by atoms with Crippen LogP contribution in [0.3, 0.4) is 0 Å². The molecule has 0 spiro atoms. The van der Waals surface area contributed by atoms with E-state index in [0.29, 0.717) is 6.07 Å². The molecule has 204 valence electrons. The van der Waals surface area contributed by atoms with Crippen molar-refractivity contribution in [1.82, 2.24) is 0 Å². The summed E-state index contributed by atoms with van der Waals surface area (Å²) >= 11 is 0. The number of alkyl halides is 16. The Morgan fingerprint density at radius 3 is 1.26 bits per heavy atom. The normalized spacial score (nSPS) is 17.3. The molecule has 1 unspecified atom stereocenters. The fourth-order valence-electron chi connectivity index (χ4n) is 2.40. The molecular formula is C14H7F16NO3S. The molecule has 1 atom stereocenters. The van der Waals surface area contributed by atoms with Crippen LogP contribution in [-0.4, -0.2) is 54.7 Å². The van der Waals surface area contributed by atoms with Gasteiger partial charge < -0.3 is 5.73 Å². The van der Waals surface area contributed by atoms with Gasteiger partial charge in [-0.1, -0.05) is 12.1 Å². The summed E-state index contributed by atoms with van der Waals surface area (Å²) in [6, 6.07) is 0.188. The maximum absolute atomic E-state index is 14.9. The van der Waals surface area contributed by atoms with Crippen molar-refractivity contribution in [2.75, 3.05) is 5.73 Å². The van der Waals surface area contributed by atoms with E-state index in [4.69, 9.17) is 10.3 Å². The van der Waals surface area contributed by atoms with E-state index in [9.17, 15) is 78.7 Å². The van der Waals surface area contributed by atoms with Gasteiger partial charge in [-0.2, -0.15) is 74.3 Å². The summed E-state index contributed by atoms with van der Waals surface area (Å²) in [7, 11) is -7.51. The van der Waals surface area contributed by atoms with Crippen molar-refractivity contribution in [3.63, 3.8) is 0 Å². The minimum atomic E-state index is -8.78. The van der Waals surface area contributed by atoms with E-state index in [1.165, 1.54) is 0 Å². The summed E-state index contributed by atoms with van der Waals surface area (Å²) in [5.41, 5.74) is 1.40. The van der Waals surface area contributed by atoms with Gasteiger partial charge in [0.15, 0.2) is 0 Å². The Balaban J connectivity index is 3.99. The number of anilines is 1. The molecule has 0 aliphatic rings. The molecular weight excluding hydrogens is 566 g/mol. The first-order chi connectivity index (χ1) is 15.0. The molecule has 1 aromatic carbocycles. The molecule has 0 aromatic heterocycles. The minimum Gasteiger partial charge on any atom is -0.399 e. The van der Waals surface area contributed by atoms with Gasteiger partial charge in [-0.05, 0) is 12.1 Å². The van der Waals surface area contributed by atoms with Gasteiger partial charge in [0.2, 0.25) is 0 Å². The Bertz CT molecular complexity index is 1070. The smallest absolute Gasteiger partial charge is 0.399 e. The maximum Gasteiger partial charge on any atom is 0.460 e. The van der Waals surface area contributed by atoms with Crippen molar-refractivity contribution in [1.29, 1.82) is 0 Å². The summed E-state index contributed by atoms with van der Waals surface area (Å²) in [6.07, 6.45) is -7.85. The molecule has 0 saturated heterocycles. The van der Waals surface area contributed by atoms with Gasteiger partial charge >= 0.3 is 56.8 Å². The summed E-state index contributed by atoms with van der Waals surface area (Å²) in [5.74, 6) is -51.0. The molecule has 3 N–H and O–H groups in total. The molecule has 0 heterocycles. The molecule has 0 aliphatic carbocycles. The molecule has 0 fully saturated rings. The van der Waals surface area contributed by atoms with Crippen molar-refractivity contribution < 1.29 is 83.2 Å². The van der Waals surface area contributed by atoms with Gasteiger partial charge in [-0.15, -0.1) is 0 Å². The Labute approximate surface area is 182 Å². The lowest BCUT2D eigenvalue weighted by Crippen LogP contribution is -2.74. The van der Waals surface area contributed by atoms with E-state index in [1.54, 1.807) is 0 Å². The van der Waals surface area contributed by atoms with Gasteiger partial charge in [0.1, 0.15) is 0 Å². The topological polar surface area (TPSA) is 80.4 Å². The van der Waals surface area contributed by atoms with Crippen LogP contribution in [0.15, 0.2) is 24.3 Å². The molecule has 0 radical (unpaired) electrons. The highest BCUT2D eigenvalue weighted by Gasteiger charge is 2.95. The summed E-state index contributed by atoms with van der Waals surface area (Å²) in [6.45, 7) is 0. The van der Waals surface area contributed by atoms with Gasteiger partial charge in [-0.3, -0.25) is 4.55 Å². The largest absolute Gasteiger partial charge is 0.460 e. The first-order valence-corrected chi connectivity index (χ1v) is 9.29. The highest BCUT2D eigenvalue weighted by molar-refractivity contribution is 7.86. The lowest BCUT2D eigenvalue weighted by atomic mass is 9.88. The molecule has 0 saturated carbocycles. The summed E-state index contributed by atoms with van der Waals surface area (Å²) < 4.78 is 246. The zero-order valence-corrected chi connectivity index (χ0v) is 16.4. The van der Waals surface area contributed by atoms with Gasteiger partial charge in [0.05, 0.1) is 0 Å². The molecule has 4 nitrogen and oxygen atoms in total. The van der Waals surface area contributed by atoms with Crippen LogP contribution in [-0.2, 0) is 15.1 Å². The van der Waals surface area contributed by atoms with Crippen LogP contribution < -0.4 is 5.73 Å². The fraction of sp³-hybridized carbons (Fsp3) is 0.571. The predicted molar refractivity (Wildman–Crippen MR) is 80.9 cm³/mol. The van der Waals surface area contributed by atoms with Crippen molar-refractivity contribution in [2.24, 2.45) is 0 Å². The Kier molecular flexibility index (Phi) is 6.96. The lowest BCUT2D eigenvalue weighted by molar-refractivity contribution is -0.456. The van der Waals surface area contributed by atoms with E-state index in [-0.39, 0.29) is 18.2 Å². The standard InChI is InChI=1S/C14H7F16NO3S/c15-7(35(32,33)34,5-2-1-3-6(31)4-5)8(16,17)9(18,19)10(20,21)11(22,23)12(24,25)13(26,27)14(28,29)30/h1-4H,31H2,(H,32,33,34). The first kappa shape index (κ1) is 30.8. The lowest BCUT2D eigenvalue weighted by Gasteiger charge is -2.43. The zero-order chi connectivity index (χ0) is 28.5. The van der Waals surface area contributed by atoms with Crippen molar-refractivity contribution >= 4 is 15.8 Å². The third kappa shape index (κ3) is 3.84. The molecule has 1 aromatic rings. The van der Waals surface area contributed by atoms with Gasteiger partial charge in [0.25, 0.3) is 0 Å². The van der Waals surface area contributed by atoms with E-state index >= 15 is 0 Å². The van der Waals surface area contributed by atoms with E-state index in [1.807, 2.05) is 0 Å². The number of hydrogen-bond acceptors (Lipinski definition) is 3. The number of nitrogen functional groups attached to an aromatic ring is 1. The van der Waals surface area contributed by atoms with E-state index < -0.39 is 68.1 Å². The highest BCUT2D eigenvalue weighted by atomic mass is 32.2. The van der Waals surface area contributed by atoms with Crippen molar-refractivity contribution in [3.05, 3.63) is 29.8 Å². The molecule has 0 bridgehead atoms. The predicted octanol–water partition coefficient (Wildman–Crippen LogP) is 5.65. The second-order valence-corrected chi connectivity index (χ2v) is 8.15. The van der Waals surface area contributed by atoms with Crippen molar-refractivity contribution in [3.8, 4) is 0 Å². The SMILES string of the molecule is Nc1cccc(C(F)(C(F)(F)C(F)(F)C(F)(F)C(F)(F)C(F)(F)C(F)(F)C(F)(F)F)S(=O)(=O)O)c1. The first-order valence-electron chi connectivity index (χ1n) is 7.85. The molecule has 1 rings (SSSR count). The van der Waals surface area contributed by atoms with E-state index in [2.05, 4.69) is 0 Å². The quantitative estimate of drug-likeness (QED) is 0.239. The number of hydrogen-bond donors (Lipinski definition) is 2. The molecule has 21 heteroatoms. The summed E-state index contributed by atoms with van der Waals surface area (Å²) in [4.78, 5) is 0. The third-order valence-electron chi connectivity index (χ3n) is 4.34. The van der Waals surface area contributed by atoms with Gasteiger partial charge in [0, 0.05) is 11.3 Å². The van der Waals surface area contributed by atoms with Crippen LogP contribution in [0.1, 0.15) is 5.56 Å². The fourth-order valence-corrected chi connectivity index (χ4v) is 3.28. The number of rotatable bonds is 8. The third-order valence-corrected chi connectivity index (χ3v) is 5.55. The average Bonchev–Trinajstić information content (AvgIpc) is 2.64. The Hall–Kier alpha value is -2.19. The second-order valence-electron chi connectivity index (χ2n) is 6.64. The minimum absolute atomic E-state index is 0.253. The van der Waals surface area contributed by atoms with Crippen LogP contribution in [0.2, 0.25) is 0 Å². The monoisotopic (exact) mass is 573 g/mol. The van der Waals surface area contributed by atoms with Crippen molar-refractivity contribution in [2.45, 2.75) is 46.7 Å². The number of benzene rings is 1. The number of nitrogens with two attached hydrogens (primary N) is 1. The van der Waals surface area contributed by atoms with Gasteiger partial charge in [-0.25, -0.2) is 4.39 Å². The Morgan fingerprint density at radius 2 is 0.943 bits per heavy atom. The Morgan fingerprint density at radius 1 is 0.600 bits per heavy atom. The second kappa shape index (κ2) is 7.90. The molecule has 0 aliphatic heterocycles. The van der Waals surface area contributed by atoms with Crippen LogP contribution in [0.4, 0.5) is 75.9 Å². The average molecular weight is 573 g/mol. The maximum atomic E-state index is 14.9. The number of halogens is 16. The molecule has 0 amide bonds. The van der Waals surface area contributed by atoms with Crippen LogP contribution in [0.5, 0.6) is 0 Å². The van der Waals surface area contributed by atoms with Crippen LogP contribution in [0, 0.1) is 0 Å². The zero-order valence-electron chi connectivity index (χ0n) is 15.6. The summed E-state index contributed by atoms with van der Waals surface area (Å²) in [5, 5.41) is -6.64. The van der Waals surface area contributed by atoms with Crippen LogP contribution in [0.25, 0.3) is 0 Å². The van der Waals surface area contributed by atoms with E-state index in [0.717, 1.165) is 0 Å². The van der Waals surface area contributed by atoms with Crippen LogP contribution >= 0.6 is 0 Å². The highest BCUT2D eigenvalue weighted by Crippen LogP contribution is 2.65.